The van der Waals surface area contributed by atoms with Crippen molar-refractivity contribution in [3.63, 3.8) is 0 Å². The molecule has 0 aromatic carbocycles. The number of hydrazine groups is 1. The summed E-state index contributed by atoms with van der Waals surface area (Å²) in [5.74, 6) is -0.241. The standard InChI is InChI=1S/C10H21N3O/c1-8-4-3-5-9(2)13(8)12-7-6-10(11)14/h8-9,12H,3-7H2,1-2H3,(H2,11,14). The van der Waals surface area contributed by atoms with Gasteiger partial charge in [0, 0.05) is 25.0 Å². The quantitative estimate of drug-likeness (QED) is 0.698. The molecule has 4 heteroatoms. The molecule has 2 atom stereocenters. The maximum Gasteiger partial charge on any atom is 0.218 e. The molecule has 0 spiro atoms. The topological polar surface area (TPSA) is 58.4 Å². The lowest BCUT2D eigenvalue weighted by Crippen LogP contribution is -2.52. The first-order valence-corrected chi connectivity index (χ1v) is 5.41. The van der Waals surface area contributed by atoms with Gasteiger partial charge >= 0.3 is 0 Å². The maximum atomic E-state index is 10.6. The Hall–Kier alpha value is -0.610. The molecular formula is C10H21N3O. The van der Waals surface area contributed by atoms with Crippen LogP contribution in [0.5, 0.6) is 0 Å². The molecule has 1 fully saturated rings. The molecule has 1 aliphatic rings. The lowest BCUT2D eigenvalue weighted by Gasteiger charge is -2.39. The van der Waals surface area contributed by atoms with Gasteiger partial charge in [0.25, 0.3) is 0 Å². The minimum atomic E-state index is -0.241. The predicted molar refractivity (Wildman–Crippen MR) is 56.4 cm³/mol. The van der Waals surface area contributed by atoms with Crippen LogP contribution >= 0.6 is 0 Å². The monoisotopic (exact) mass is 199 g/mol. The molecule has 0 bridgehead atoms. The summed E-state index contributed by atoms with van der Waals surface area (Å²) in [6, 6.07) is 1.12. The first kappa shape index (κ1) is 11.5. The normalized spacial score (nSPS) is 29.0. The van der Waals surface area contributed by atoms with Crippen LogP contribution < -0.4 is 11.2 Å². The van der Waals surface area contributed by atoms with E-state index in [9.17, 15) is 4.79 Å². The van der Waals surface area contributed by atoms with E-state index >= 15 is 0 Å². The number of rotatable bonds is 4. The highest BCUT2D eigenvalue weighted by molar-refractivity contribution is 5.73. The Labute approximate surface area is 85.8 Å². The lowest BCUT2D eigenvalue weighted by atomic mass is 10.00. The van der Waals surface area contributed by atoms with E-state index in [-0.39, 0.29) is 5.91 Å². The van der Waals surface area contributed by atoms with Gasteiger partial charge < -0.3 is 5.73 Å². The summed E-state index contributed by atoms with van der Waals surface area (Å²) in [6.07, 6.45) is 4.17. The van der Waals surface area contributed by atoms with Gasteiger partial charge in [-0.15, -0.1) is 0 Å². The summed E-state index contributed by atoms with van der Waals surface area (Å²) in [5.41, 5.74) is 8.36. The molecule has 1 rings (SSSR count). The zero-order chi connectivity index (χ0) is 10.6. The SMILES string of the molecule is CC1CCCC(C)N1NCCC(N)=O. The molecule has 0 aromatic rings. The maximum absolute atomic E-state index is 10.6. The van der Waals surface area contributed by atoms with Crippen molar-refractivity contribution in [1.29, 1.82) is 0 Å². The zero-order valence-electron chi connectivity index (χ0n) is 9.12. The number of hydrogen-bond donors (Lipinski definition) is 2. The molecule has 1 amide bonds. The van der Waals surface area contributed by atoms with Gasteiger partial charge in [-0.1, -0.05) is 6.42 Å². The Morgan fingerprint density at radius 1 is 1.43 bits per heavy atom. The Kier molecular flexibility index (Phi) is 4.35. The van der Waals surface area contributed by atoms with Crippen LogP contribution in [0.4, 0.5) is 0 Å². The molecule has 14 heavy (non-hydrogen) atoms. The smallest absolute Gasteiger partial charge is 0.218 e. The Bertz CT molecular complexity index is 186. The minimum Gasteiger partial charge on any atom is -0.370 e. The first-order valence-electron chi connectivity index (χ1n) is 5.41. The van der Waals surface area contributed by atoms with Crippen LogP contribution in [-0.2, 0) is 4.79 Å². The highest BCUT2D eigenvalue weighted by Gasteiger charge is 2.23. The third kappa shape index (κ3) is 3.27. The largest absolute Gasteiger partial charge is 0.370 e. The van der Waals surface area contributed by atoms with Crippen molar-refractivity contribution in [2.24, 2.45) is 5.73 Å². The first-order chi connectivity index (χ1) is 6.61. The molecule has 82 valence electrons. The average molecular weight is 199 g/mol. The number of amides is 1. The Morgan fingerprint density at radius 3 is 2.50 bits per heavy atom. The van der Waals surface area contributed by atoms with Crippen molar-refractivity contribution >= 4 is 5.91 Å². The number of carbonyl (C=O) groups excluding carboxylic acids is 1. The van der Waals surface area contributed by atoms with Crippen molar-refractivity contribution in [2.45, 2.75) is 51.6 Å². The summed E-state index contributed by atoms with van der Waals surface area (Å²) in [4.78, 5) is 10.6. The van der Waals surface area contributed by atoms with E-state index < -0.39 is 0 Å². The van der Waals surface area contributed by atoms with Crippen LogP contribution in [0.15, 0.2) is 0 Å². The second-order valence-electron chi connectivity index (χ2n) is 4.16. The van der Waals surface area contributed by atoms with Gasteiger partial charge in [0.15, 0.2) is 0 Å². The van der Waals surface area contributed by atoms with E-state index in [4.69, 9.17) is 5.73 Å². The van der Waals surface area contributed by atoms with Gasteiger partial charge in [-0.3, -0.25) is 10.2 Å². The summed E-state index contributed by atoms with van der Waals surface area (Å²) in [7, 11) is 0. The van der Waals surface area contributed by atoms with Crippen LogP contribution in [0.25, 0.3) is 0 Å². The van der Waals surface area contributed by atoms with Crippen LogP contribution in [-0.4, -0.2) is 29.5 Å². The van der Waals surface area contributed by atoms with Gasteiger partial charge in [0.1, 0.15) is 0 Å². The summed E-state index contributed by atoms with van der Waals surface area (Å²) < 4.78 is 0. The fourth-order valence-corrected chi connectivity index (χ4v) is 2.04. The number of nitrogens with two attached hydrogens (primary N) is 1. The van der Waals surface area contributed by atoms with Crippen LogP contribution in [0.1, 0.15) is 39.5 Å². The zero-order valence-corrected chi connectivity index (χ0v) is 9.12. The van der Waals surface area contributed by atoms with Crippen LogP contribution in [0, 0.1) is 0 Å². The molecule has 2 unspecified atom stereocenters. The van der Waals surface area contributed by atoms with E-state index in [1.54, 1.807) is 0 Å². The highest BCUT2D eigenvalue weighted by atomic mass is 16.1. The number of carbonyl (C=O) groups is 1. The number of primary amides is 1. The summed E-state index contributed by atoms with van der Waals surface area (Å²) >= 11 is 0. The van der Waals surface area contributed by atoms with Crippen molar-refractivity contribution < 1.29 is 4.79 Å². The minimum absolute atomic E-state index is 0.241. The molecular weight excluding hydrogens is 178 g/mol. The van der Waals surface area contributed by atoms with Gasteiger partial charge in [-0.05, 0) is 26.7 Å². The van der Waals surface area contributed by atoms with Crippen molar-refractivity contribution in [3.05, 3.63) is 0 Å². The average Bonchev–Trinajstić information content (AvgIpc) is 2.09. The molecule has 0 radical (unpaired) electrons. The van der Waals surface area contributed by atoms with E-state index in [1.807, 2.05) is 0 Å². The second kappa shape index (κ2) is 5.32. The predicted octanol–water partition coefficient (Wildman–Crippen LogP) is 0.629. The number of piperidine rings is 1. The molecule has 1 saturated heterocycles. The second-order valence-corrected chi connectivity index (χ2v) is 4.16. The van der Waals surface area contributed by atoms with Gasteiger partial charge in [0.2, 0.25) is 5.91 Å². The molecule has 0 saturated carbocycles. The van der Waals surface area contributed by atoms with Gasteiger partial charge in [-0.2, -0.15) is 0 Å². The third-order valence-electron chi connectivity index (χ3n) is 2.86. The highest BCUT2D eigenvalue weighted by Crippen LogP contribution is 2.19. The molecule has 1 aliphatic heterocycles. The fourth-order valence-electron chi connectivity index (χ4n) is 2.04. The number of nitrogens with zero attached hydrogens (tertiary/aromatic N) is 1. The van der Waals surface area contributed by atoms with E-state index in [1.165, 1.54) is 19.3 Å². The fraction of sp³-hybridized carbons (Fsp3) is 0.900. The van der Waals surface area contributed by atoms with Crippen LogP contribution in [0.2, 0.25) is 0 Å². The summed E-state index contributed by atoms with van der Waals surface area (Å²) in [6.45, 7) is 5.09. The lowest BCUT2D eigenvalue weighted by molar-refractivity contribution is -0.118. The van der Waals surface area contributed by atoms with Gasteiger partial charge in [-0.25, -0.2) is 5.01 Å². The molecule has 4 nitrogen and oxygen atoms in total. The van der Waals surface area contributed by atoms with Gasteiger partial charge in [0.05, 0.1) is 0 Å². The molecule has 1 heterocycles. The van der Waals surface area contributed by atoms with Crippen LogP contribution in [0.3, 0.4) is 0 Å². The number of hydrogen-bond acceptors (Lipinski definition) is 3. The van der Waals surface area contributed by atoms with Crippen molar-refractivity contribution in [3.8, 4) is 0 Å². The van der Waals surface area contributed by atoms with E-state index in [0.717, 1.165) is 0 Å². The third-order valence-corrected chi connectivity index (χ3v) is 2.86. The Balaban J connectivity index is 2.29. The molecule has 0 aromatic heterocycles. The number of nitrogens with one attached hydrogen (secondary N) is 1. The van der Waals surface area contributed by atoms with Crippen molar-refractivity contribution in [1.82, 2.24) is 10.4 Å². The molecule has 3 N–H and O–H groups in total. The van der Waals surface area contributed by atoms with E-state index in [2.05, 4.69) is 24.3 Å². The van der Waals surface area contributed by atoms with Crippen molar-refractivity contribution in [2.75, 3.05) is 6.54 Å². The molecule has 0 aliphatic carbocycles. The van der Waals surface area contributed by atoms with E-state index in [0.29, 0.717) is 25.0 Å². The Morgan fingerprint density at radius 2 is 2.00 bits per heavy atom. The summed E-state index contributed by atoms with van der Waals surface area (Å²) in [5, 5.41) is 2.26.